The van der Waals surface area contributed by atoms with Gasteiger partial charge in [0, 0.05) is 38.8 Å². The Labute approximate surface area is 158 Å². The van der Waals surface area contributed by atoms with E-state index >= 15 is 0 Å². The normalized spacial score (nSPS) is 25.2. The summed E-state index contributed by atoms with van der Waals surface area (Å²) in [5.41, 5.74) is 2.06. The fourth-order valence-electron chi connectivity index (χ4n) is 4.48. The second-order valence-electron chi connectivity index (χ2n) is 8.34. The molecule has 4 nitrogen and oxygen atoms in total. The maximum absolute atomic E-state index is 12.7. The number of amides is 1. The molecule has 0 N–H and O–H groups in total. The molecule has 26 heavy (non-hydrogen) atoms. The molecule has 1 aromatic rings. The minimum atomic E-state index is 0.149. The monoisotopic (exact) mass is 358 g/mol. The van der Waals surface area contributed by atoms with E-state index in [2.05, 4.69) is 30.9 Å². The largest absolute Gasteiger partial charge is 0.373 e. The number of carbonyl (C=O) groups is 1. The number of benzene rings is 1. The molecule has 1 aliphatic heterocycles. The van der Waals surface area contributed by atoms with E-state index in [1.54, 1.807) is 0 Å². The van der Waals surface area contributed by atoms with Crippen LogP contribution in [0.4, 0.5) is 0 Å². The highest BCUT2D eigenvalue weighted by molar-refractivity contribution is 5.94. The van der Waals surface area contributed by atoms with E-state index in [0.717, 1.165) is 31.7 Å². The summed E-state index contributed by atoms with van der Waals surface area (Å²) in [4.78, 5) is 17.1. The molecule has 0 spiro atoms. The maximum Gasteiger partial charge on any atom is 0.253 e. The number of hydrogen-bond donors (Lipinski definition) is 0. The maximum atomic E-state index is 12.7. The van der Waals surface area contributed by atoms with Crippen molar-refractivity contribution in [1.82, 2.24) is 9.80 Å². The molecule has 1 saturated heterocycles. The summed E-state index contributed by atoms with van der Waals surface area (Å²) < 4.78 is 5.80. The van der Waals surface area contributed by atoms with Crippen LogP contribution in [0.5, 0.6) is 0 Å². The van der Waals surface area contributed by atoms with Gasteiger partial charge in [-0.2, -0.15) is 0 Å². The molecule has 144 valence electrons. The van der Waals surface area contributed by atoms with E-state index in [9.17, 15) is 4.79 Å². The summed E-state index contributed by atoms with van der Waals surface area (Å²) in [6, 6.07) is 8.18. The Kier molecular flexibility index (Phi) is 6.71. The Bertz CT molecular complexity index is 570. The third-order valence-corrected chi connectivity index (χ3v) is 5.71. The van der Waals surface area contributed by atoms with Crippen LogP contribution in [0.1, 0.15) is 61.9 Å². The van der Waals surface area contributed by atoms with Crippen molar-refractivity contribution >= 4 is 5.91 Å². The molecule has 0 aromatic heterocycles. The second-order valence-corrected chi connectivity index (χ2v) is 8.34. The Hall–Kier alpha value is -1.39. The average molecular weight is 359 g/mol. The van der Waals surface area contributed by atoms with Gasteiger partial charge in [-0.3, -0.25) is 9.69 Å². The van der Waals surface area contributed by atoms with Crippen molar-refractivity contribution in [3.05, 3.63) is 35.4 Å². The topological polar surface area (TPSA) is 32.8 Å². The zero-order valence-corrected chi connectivity index (χ0v) is 16.6. The number of nitrogens with zero attached hydrogens (tertiary/aromatic N) is 2. The van der Waals surface area contributed by atoms with E-state index < -0.39 is 0 Å². The summed E-state index contributed by atoms with van der Waals surface area (Å²) in [6.07, 6.45) is 7.11. The van der Waals surface area contributed by atoms with Crippen LogP contribution in [0, 0.1) is 5.92 Å². The summed E-state index contributed by atoms with van der Waals surface area (Å²) >= 11 is 0. The van der Waals surface area contributed by atoms with E-state index in [-0.39, 0.29) is 18.1 Å². The van der Waals surface area contributed by atoms with Crippen molar-refractivity contribution in [2.24, 2.45) is 5.92 Å². The number of rotatable bonds is 5. The van der Waals surface area contributed by atoms with Crippen molar-refractivity contribution in [3.8, 4) is 0 Å². The fourth-order valence-corrected chi connectivity index (χ4v) is 4.48. The van der Waals surface area contributed by atoms with Crippen molar-refractivity contribution < 1.29 is 9.53 Å². The first-order chi connectivity index (χ1) is 12.5. The van der Waals surface area contributed by atoms with Crippen LogP contribution in [-0.2, 0) is 11.3 Å². The molecular weight excluding hydrogens is 324 g/mol. The van der Waals surface area contributed by atoms with Gasteiger partial charge in [-0.15, -0.1) is 0 Å². The highest BCUT2D eigenvalue weighted by Crippen LogP contribution is 2.24. The van der Waals surface area contributed by atoms with E-state index in [1.165, 1.54) is 37.7 Å². The van der Waals surface area contributed by atoms with E-state index in [1.807, 2.05) is 24.1 Å². The summed E-state index contributed by atoms with van der Waals surface area (Å²) in [7, 11) is 1.95. The Morgan fingerprint density at radius 3 is 2.31 bits per heavy atom. The second kappa shape index (κ2) is 9.01. The Morgan fingerprint density at radius 1 is 1.08 bits per heavy atom. The standard InChI is InChI=1S/C22H34N2O2/c1-17-13-24(14-18(2)26-17)16-20-9-11-21(12-10-20)22(25)23(3)15-19-7-5-4-6-8-19/h9-12,17-19H,4-8,13-16H2,1-3H3. The van der Waals surface area contributed by atoms with Crippen LogP contribution in [-0.4, -0.2) is 54.6 Å². The van der Waals surface area contributed by atoms with E-state index in [4.69, 9.17) is 4.74 Å². The Morgan fingerprint density at radius 2 is 1.69 bits per heavy atom. The van der Waals surface area contributed by atoms with Gasteiger partial charge in [-0.1, -0.05) is 31.4 Å². The zero-order chi connectivity index (χ0) is 18.5. The summed E-state index contributed by atoms with van der Waals surface area (Å²) in [6.45, 7) is 8.01. The van der Waals surface area contributed by atoms with Gasteiger partial charge in [-0.25, -0.2) is 0 Å². The number of morpholine rings is 1. The molecule has 1 saturated carbocycles. The van der Waals surface area contributed by atoms with Crippen LogP contribution in [0.25, 0.3) is 0 Å². The summed E-state index contributed by atoms with van der Waals surface area (Å²) in [5, 5.41) is 0. The molecule has 1 amide bonds. The quantitative estimate of drug-likeness (QED) is 0.799. The molecule has 0 radical (unpaired) electrons. The van der Waals surface area contributed by atoms with Crippen LogP contribution in [0.2, 0.25) is 0 Å². The minimum absolute atomic E-state index is 0.149. The molecule has 2 fully saturated rings. The van der Waals surface area contributed by atoms with Gasteiger partial charge in [0.25, 0.3) is 5.91 Å². The molecule has 1 heterocycles. The molecule has 2 unspecified atom stereocenters. The third-order valence-electron chi connectivity index (χ3n) is 5.71. The van der Waals surface area contributed by atoms with Gasteiger partial charge in [0.05, 0.1) is 12.2 Å². The smallest absolute Gasteiger partial charge is 0.253 e. The van der Waals surface area contributed by atoms with Crippen molar-refractivity contribution in [3.63, 3.8) is 0 Å². The van der Waals surface area contributed by atoms with Gasteiger partial charge in [0.1, 0.15) is 0 Å². The van der Waals surface area contributed by atoms with Crippen LogP contribution < -0.4 is 0 Å². The van der Waals surface area contributed by atoms with Crippen molar-refractivity contribution in [1.29, 1.82) is 0 Å². The Balaban J connectivity index is 1.53. The van der Waals surface area contributed by atoms with Gasteiger partial charge in [-0.05, 0) is 50.3 Å². The lowest BCUT2D eigenvalue weighted by molar-refractivity contribution is -0.0704. The number of hydrogen-bond acceptors (Lipinski definition) is 3. The predicted octanol–water partition coefficient (Wildman–Crippen LogP) is 3.95. The molecule has 3 rings (SSSR count). The fraction of sp³-hybridized carbons (Fsp3) is 0.682. The molecule has 4 heteroatoms. The van der Waals surface area contributed by atoms with Gasteiger partial charge < -0.3 is 9.64 Å². The molecule has 2 aliphatic rings. The highest BCUT2D eigenvalue weighted by Gasteiger charge is 2.22. The minimum Gasteiger partial charge on any atom is -0.373 e. The van der Waals surface area contributed by atoms with Gasteiger partial charge in [0.2, 0.25) is 0 Å². The summed E-state index contributed by atoms with van der Waals surface area (Å²) in [5.74, 6) is 0.831. The molecule has 1 aromatic carbocycles. The zero-order valence-electron chi connectivity index (χ0n) is 16.6. The van der Waals surface area contributed by atoms with Crippen molar-refractivity contribution in [2.75, 3.05) is 26.7 Å². The van der Waals surface area contributed by atoms with Crippen molar-refractivity contribution in [2.45, 2.75) is 64.7 Å². The van der Waals surface area contributed by atoms with Crippen LogP contribution in [0.15, 0.2) is 24.3 Å². The lowest BCUT2D eigenvalue weighted by atomic mass is 9.89. The molecular formula is C22H34N2O2. The first-order valence-electron chi connectivity index (χ1n) is 10.2. The molecule has 1 aliphatic carbocycles. The van der Waals surface area contributed by atoms with Gasteiger partial charge in [0.15, 0.2) is 0 Å². The lowest BCUT2D eigenvalue weighted by Crippen LogP contribution is -2.44. The molecule has 0 bridgehead atoms. The SMILES string of the molecule is CC1CN(Cc2ccc(C(=O)N(C)CC3CCCCC3)cc2)CC(C)O1. The van der Waals surface area contributed by atoms with E-state index in [0.29, 0.717) is 5.92 Å². The first-order valence-corrected chi connectivity index (χ1v) is 10.2. The highest BCUT2D eigenvalue weighted by atomic mass is 16.5. The molecule has 2 atom stereocenters. The lowest BCUT2D eigenvalue weighted by Gasteiger charge is -2.35. The predicted molar refractivity (Wildman–Crippen MR) is 105 cm³/mol. The first kappa shape index (κ1) is 19.4. The van der Waals surface area contributed by atoms with Crippen LogP contribution >= 0.6 is 0 Å². The average Bonchev–Trinajstić information content (AvgIpc) is 2.62. The van der Waals surface area contributed by atoms with Crippen LogP contribution in [0.3, 0.4) is 0 Å². The number of ether oxygens (including phenoxy) is 1. The number of carbonyl (C=O) groups excluding carboxylic acids is 1. The third kappa shape index (κ3) is 5.31. The van der Waals surface area contributed by atoms with Gasteiger partial charge >= 0.3 is 0 Å².